The second kappa shape index (κ2) is 5.15. The van der Waals surface area contributed by atoms with Crippen LogP contribution in [0.1, 0.15) is 25.3 Å². The molecule has 0 aromatic heterocycles. The lowest BCUT2D eigenvalue weighted by atomic mass is 9.92. The highest BCUT2D eigenvalue weighted by Crippen LogP contribution is 2.40. The first-order valence-corrected chi connectivity index (χ1v) is 7.77. The van der Waals surface area contributed by atoms with Crippen molar-refractivity contribution in [3.05, 3.63) is 34.1 Å². The summed E-state index contributed by atoms with van der Waals surface area (Å²) in [5.74, 6) is 0.666. The summed E-state index contributed by atoms with van der Waals surface area (Å²) < 4.78 is 14.2. The molecule has 1 unspecified atom stereocenters. The Labute approximate surface area is 122 Å². The monoisotopic (exact) mass is 326 g/mol. The summed E-state index contributed by atoms with van der Waals surface area (Å²) in [5.41, 5.74) is 1.30. The van der Waals surface area contributed by atoms with Crippen LogP contribution in [-0.2, 0) is 6.54 Å². The van der Waals surface area contributed by atoms with Gasteiger partial charge < -0.3 is 5.32 Å². The molecule has 1 saturated heterocycles. The van der Waals surface area contributed by atoms with Crippen LogP contribution >= 0.6 is 15.9 Å². The van der Waals surface area contributed by atoms with E-state index >= 15 is 0 Å². The minimum absolute atomic E-state index is 0.163. The van der Waals surface area contributed by atoms with Gasteiger partial charge in [0.05, 0.1) is 0 Å². The van der Waals surface area contributed by atoms with E-state index < -0.39 is 0 Å². The maximum Gasteiger partial charge on any atom is 0.124 e. The third-order valence-electron chi connectivity index (χ3n) is 4.32. The lowest BCUT2D eigenvalue weighted by Crippen LogP contribution is -2.59. The molecule has 2 fully saturated rings. The zero-order valence-corrected chi connectivity index (χ0v) is 12.8. The molecule has 1 aromatic carbocycles. The van der Waals surface area contributed by atoms with E-state index in [0.29, 0.717) is 0 Å². The summed E-state index contributed by atoms with van der Waals surface area (Å²) in [6.07, 6.45) is 2.70. The highest BCUT2D eigenvalue weighted by molar-refractivity contribution is 9.10. The number of rotatable bonds is 3. The lowest BCUT2D eigenvalue weighted by Gasteiger charge is -2.42. The van der Waals surface area contributed by atoms with E-state index in [-0.39, 0.29) is 11.4 Å². The molecule has 0 radical (unpaired) electrons. The van der Waals surface area contributed by atoms with Gasteiger partial charge in [-0.15, -0.1) is 0 Å². The van der Waals surface area contributed by atoms with Gasteiger partial charge in [0.25, 0.3) is 0 Å². The molecule has 4 heteroatoms. The number of hydrogen-bond acceptors (Lipinski definition) is 2. The molecule has 1 N–H and O–H groups in total. The maximum atomic E-state index is 13.4. The zero-order valence-electron chi connectivity index (χ0n) is 11.3. The number of nitrogens with zero attached hydrogens (tertiary/aromatic N) is 1. The molecule has 1 saturated carbocycles. The van der Waals surface area contributed by atoms with Gasteiger partial charge in [-0.25, -0.2) is 4.39 Å². The molecule has 1 aromatic rings. The highest BCUT2D eigenvalue weighted by Gasteiger charge is 2.43. The van der Waals surface area contributed by atoms with Crippen LogP contribution in [0.15, 0.2) is 22.7 Å². The van der Waals surface area contributed by atoms with Gasteiger partial charge >= 0.3 is 0 Å². The summed E-state index contributed by atoms with van der Waals surface area (Å²) in [6.45, 7) is 6.30. The van der Waals surface area contributed by atoms with Crippen molar-refractivity contribution in [3.8, 4) is 0 Å². The fourth-order valence-electron chi connectivity index (χ4n) is 3.19. The minimum Gasteiger partial charge on any atom is -0.309 e. The van der Waals surface area contributed by atoms with Crippen LogP contribution in [0.25, 0.3) is 0 Å². The van der Waals surface area contributed by atoms with Gasteiger partial charge in [0.15, 0.2) is 0 Å². The average molecular weight is 327 g/mol. The quantitative estimate of drug-likeness (QED) is 0.917. The van der Waals surface area contributed by atoms with Crippen molar-refractivity contribution >= 4 is 15.9 Å². The van der Waals surface area contributed by atoms with Crippen molar-refractivity contribution in [2.45, 2.75) is 31.8 Å². The van der Waals surface area contributed by atoms with E-state index in [9.17, 15) is 4.39 Å². The summed E-state index contributed by atoms with van der Waals surface area (Å²) in [5, 5.41) is 3.67. The van der Waals surface area contributed by atoms with Crippen molar-refractivity contribution < 1.29 is 4.39 Å². The third-order valence-corrected chi connectivity index (χ3v) is 4.77. The van der Waals surface area contributed by atoms with Crippen LogP contribution in [0.2, 0.25) is 0 Å². The van der Waals surface area contributed by atoms with Crippen molar-refractivity contribution in [1.29, 1.82) is 0 Å². The second-order valence-electron chi connectivity index (χ2n) is 6.11. The van der Waals surface area contributed by atoms with E-state index in [1.54, 1.807) is 6.07 Å². The fraction of sp³-hybridized carbons (Fsp3) is 0.600. The van der Waals surface area contributed by atoms with Gasteiger partial charge in [0.1, 0.15) is 5.82 Å². The van der Waals surface area contributed by atoms with Gasteiger partial charge in [-0.3, -0.25) is 4.90 Å². The first-order valence-electron chi connectivity index (χ1n) is 6.97. The number of halogens is 2. The molecule has 3 rings (SSSR count). The molecule has 0 amide bonds. The van der Waals surface area contributed by atoms with E-state index in [0.717, 1.165) is 42.1 Å². The molecule has 1 aliphatic carbocycles. The Bertz CT molecular complexity index is 455. The number of nitrogens with one attached hydrogen (secondary N) is 1. The molecule has 1 aliphatic heterocycles. The van der Waals surface area contributed by atoms with Crippen LogP contribution in [-0.4, -0.2) is 30.1 Å². The summed E-state index contributed by atoms with van der Waals surface area (Å²) in [6, 6.07) is 5.16. The van der Waals surface area contributed by atoms with Crippen molar-refractivity contribution in [2.24, 2.45) is 5.92 Å². The molecular formula is C15H20BrFN2. The SMILES string of the molecule is CC1(C2CC2)CN(Cc2cc(F)cc(Br)c2)CCN1. The van der Waals surface area contributed by atoms with E-state index in [4.69, 9.17) is 0 Å². The topological polar surface area (TPSA) is 15.3 Å². The third kappa shape index (κ3) is 3.18. The smallest absolute Gasteiger partial charge is 0.124 e. The molecule has 1 atom stereocenters. The summed E-state index contributed by atoms with van der Waals surface area (Å²) in [4.78, 5) is 2.44. The van der Waals surface area contributed by atoms with Gasteiger partial charge in [-0.2, -0.15) is 0 Å². The zero-order chi connectivity index (χ0) is 13.5. The van der Waals surface area contributed by atoms with E-state index in [1.807, 2.05) is 6.07 Å². The molecule has 0 spiro atoms. The Morgan fingerprint density at radius 3 is 2.89 bits per heavy atom. The number of piperazine rings is 1. The molecule has 19 heavy (non-hydrogen) atoms. The standard InChI is InChI=1S/C15H20BrFN2/c1-15(12-2-3-12)10-19(5-4-18-15)9-11-6-13(16)8-14(17)7-11/h6-8,12,18H,2-5,9-10H2,1H3. The molecular weight excluding hydrogens is 307 g/mol. The van der Waals surface area contributed by atoms with Crippen molar-refractivity contribution in [1.82, 2.24) is 10.2 Å². The Hall–Kier alpha value is -0.450. The largest absolute Gasteiger partial charge is 0.309 e. The van der Waals surface area contributed by atoms with Crippen LogP contribution in [0.3, 0.4) is 0 Å². The molecule has 104 valence electrons. The average Bonchev–Trinajstić information content (AvgIpc) is 3.11. The predicted molar refractivity (Wildman–Crippen MR) is 78.5 cm³/mol. The van der Waals surface area contributed by atoms with E-state index in [1.165, 1.54) is 18.9 Å². The van der Waals surface area contributed by atoms with Crippen LogP contribution in [0, 0.1) is 11.7 Å². The highest BCUT2D eigenvalue weighted by atomic mass is 79.9. The molecule has 1 heterocycles. The summed E-state index contributed by atoms with van der Waals surface area (Å²) in [7, 11) is 0. The van der Waals surface area contributed by atoms with Gasteiger partial charge in [-0.1, -0.05) is 15.9 Å². The van der Waals surface area contributed by atoms with Crippen LogP contribution in [0.4, 0.5) is 4.39 Å². The fourth-order valence-corrected chi connectivity index (χ4v) is 3.70. The maximum absolute atomic E-state index is 13.4. The predicted octanol–water partition coefficient (Wildman–Crippen LogP) is 3.16. The van der Waals surface area contributed by atoms with Gasteiger partial charge in [0, 0.05) is 36.2 Å². The minimum atomic E-state index is -0.163. The van der Waals surface area contributed by atoms with Gasteiger partial charge in [-0.05, 0) is 49.4 Å². The first-order chi connectivity index (χ1) is 9.05. The van der Waals surface area contributed by atoms with E-state index in [2.05, 4.69) is 33.1 Å². The number of hydrogen-bond donors (Lipinski definition) is 1. The molecule has 2 nitrogen and oxygen atoms in total. The first kappa shape index (κ1) is 13.5. The Morgan fingerprint density at radius 1 is 1.42 bits per heavy atom. The second-order valence-corrected chi connectivity index (χ2v) is 7.02. The Morgan fingerprint density at radius 2 is 2.21 bits per heavy atom. The Balaban J connectivity index is 1.68. The molecule has 2 aliphatic rings. The number of benzene rings is 1. The summed E-state index contributed by atoms with van der Waals surface area (Å²) >= 11 is 3.36. The molecule has 0 bridgehead atoms. The van der Waals surface area contributed by atoms with Gasteiger partial charge in [0.2, 0.25) is 0 Å². The Kier molecular flexibility index (Phi) is 3.67. The normalized spacial score (nSPS) is 28.6. The van der Waals surface area contributed by atoms with Crippen molar-refractivity contribution in [2.75, 3.05) is 19.6 Å². The van der Waals surface area contributed by atoms with Crippen molar-refractivity contribution in [3.63, 3.8) is 0 Å². The van der Waals surface area contributed by atoms with Crippen LogP contribution in [0.5, 0.6) is 0 Å². The van der Waals surface area contributed by atoms with Crippen LogP contribution < -0.4 is 5.32 Å². The lowest BCUT2D eigenvalue weighted by molar-refractivity contribution is 0.121.